The minimum absolute atomic E-state index is 0.0898. The second-order valence-corrected chi connectivity index (χ2v) is 7.08. The number of nitrogens with one attached hydrogen (secondary N) is 1. The number of hydrogen-bond acceptors (Lipinski definition) is 3. The summed E-state index contributed by atoms with van der Waals surface area (Å²) in [6, 6.07) is 16.5. The van der Waals surface area contributed by atoms with E-state index in [1.807, 2.05) is 38.1 Å². The molecule has 28 heavy (non-hydrogen) atoms. The first-order valence-electron chi connectivity index (χ1n) is 9.65. The van der Waals surface area contributed by atoms with Crippen LogP contribution in [0.5, 0.6) is 0 Å². The van der Waals surface area contributed by atoms with E-state index in [2.05, 4.69) is 43.4 Å². The second-order valence-electron chi connectivity index (χ2n) is 7.08. The maximum absolute atomic E-state index is 12.7. The van der Waals surface area contributed by atoms with Crippen LogP contribution in [0.25, 0.3) is 0 Å². The lowest BCUT2D eigenvalue weighted by Crippen LogP contribution is -2.51. The Morgan fingerprint density at radius 3 is 1.89 bits per heavy atom. The number of likely N-dealkylation sites (N-methyl/N-ethyl adjacent to an activating group) is 1. The molecule has 0 unspecified atom stereocenters. The van der Waals surface area contributed by atoms with Gasteiger partial charge in [-0.15, -0.1) is 0 Å². The van der Waals surface area contributed by atoms with Gasteiger partial charge in [0.1, 0.15) is 6.54 Å². The van der Waals surface area contributed by atoms with Crippen molar-refractivity contribution in [1.29, 1.82) is 0 Å². The SMILES string of the molecule is CC(=O)[O-].CC[N+](CC)(CC(=O)Nc1c(C)cccc1C)Cc1ccccc1. The fourth-order valence-corrected chi connectivity index (χ4v) is 3.19. The summed E-state index contributed by atoms with van der Waals surface area (Å²) in [6.45, 7) is 12.6. The molecule has 0 aliphatic rings. The lowest BCUT2D eigenvalue weighted by atomic mass is 10.1. The van der Waals surface area contributed by atoms with Gasteiger partial charge in [-0.05, 0) is 45.7 Å². The van der Waals surface area contributed by atoms with Crippen LogP contribution < -0.4 is 10.4 Å². The first-order valence-corrected chi connectivity index (χ1v) is 9.65. The van der Waals surface area contributed by atoms with Crippen LogP contribution >= 0.6 is 0 Å². The minimum Gasteiger partial charge on any atom is -0.550 e. The number of anilines is 1. The highest BCUT2D eigenvalue weighted by atomic mass is 16.4. The smallest absolute Gasteiger partial charge is 0.279 e. The van der Waals surface area contributed by atoms with Gasteiger partial charge in [0, 0.05) is 17.2 Å². The van der Waals surface area contributed by atoms with Crippen LogP contribution in [-0.4, -0.2) is 36.0 Å². The molecule has 1 N–H and O–H groups in total. The molecule has 2 aromatic rings. The van der Waals surface area contributed by atoms with Gasteiger partial charge in [0.15, 0.2) is 6.54 Å². The Morgan fingerprint density at radius 1 is 0.929 bits per heavy atom. The van der Waals surface area contributed by atoms with E-state index in [1.165, 1.54) is 5.56 Å². The molecule has 2 aromatic carbocycles. The van der Waals surface area contributed by atoms with E-state index >= 15 is 0 Å². The summed E-state index contributed by atoms with van der Waals surface area (Å²) >= 11 is 0. The minimum atomic E-state index is -1.08. The molecular weight excluding hydrogens is 352 g/mol. The van der Waals surface area contributed by atoms with E-state index in [-0.39, 0.29) is 5.91 Å². The predicted octanol–water partition coefficient (Wildman–Crippen LogP) is 3.05. The monoisotopic (exact) mass is 384 g/mol. The van der Waals surface area contributed by atoms with Gasteiger partial charge >= 0.3 is 0 Å². The Morgan fingerprint density at radius 2 is 1.43 bits per heavy atom. The summed E-state index contributed by atoms with van der Waals surface area (Å²) in [5, 5.41) is 12.0. The van der Waals surface area contributed by atoms with Gasteiger partial charge in [-0.1, -0.05) is 48.5 Å². The number of carbonyl (C=O) groups is 2. The van der Waals surface area contributed by atoms with Crippen molar-refractivity contribution >= 4 is 17.6 Å². The molecule has 0 bridgehead atoms. The van der Waals surface area contributed by atoms with Crippen molar-refractivity contribution in [3.05, 3.63) is 65.2 Å². The number of aryl methyl sites for hydroxylation is 2. The molecule has 0 aromatic heterocycles. The number of carbonyl (C=O) groups excluding carboxylic acids is 2. The van der Waals surface area contributed by atoms with Crippen LogP contribution in [0.4, 0.5) is 5.69 Å². The topological polar surface area (TPSA) is 69.2 Å². The van der Waals surface area contributed by atoms with Gasteiger partial charge in [-0.3, -0.25) is 4.79 Å². The first kappa shape index (κ1) is 23.4. The summed E-state index contributed by atoms with van der Waals surface area (Å²) in [7, 11) is 0. The highest BCUT2D eigenvalue weighted by Crippen LogP contribution is 2.20. The fraction of sp³-hybridized carbons (Fsp3) is 0.391. The van der Waals surface area contributed by atoms with E-state index in [0.29, 0.717) is 6.54 Å². The number of aliphatic carboxylic acids is 1. The number of carboxylic acid groups (broad SMARTS) is 1. The van der Waals surface area contributed by atoms with Gasteiger partial charge in [-0.2, -0.15) is 0 Å². The lowest BCUT2D eigenvalue weighted by molar-refractivity contribution is -0.930. The normalized spacial score (nSPS) is 10.6. The molecule has 5 heteroatoms. The second kappa shape index (κ2) is 11.2. The van der Waals surface area contributed by atoms with Crippen molar-refractivity contribution in [1.82, 2.24) is 0 Å². The van der Waals surface area contributed by atoms with Crippen LogP contribution in [0.2, 0.25) is 0 Å². The van der Waals surface area contributed by atoms with E-state index in [0.717, 1.165) is 47.9 Å². The molecule has 0 spiro atoms. The van der Waals surface area contributed by atoms with Crippen LogP contribution in [0.15, 0.2) is 48.5 Å². The average molecular weight is 385 g/mol. The maximum Gasteiger partial charge on any atom is 0.279 e. The largest absolute Gasteiger partial charge is 0.550 e. The zero-order valence-corrected chi connectivity index (χ0v) is 17.6. The van der Waals surface area contributed by atoms with Gasteiger partial charge in [0.05, 0.1) is 13.1 Å². The van der Waals surface area contributed by atoms with Gasteiger partial charge in [0.25, 0.3) is 5.91 Å². The number of para-hydroxylation sites is 1. The molecule has 0 fully saturated rings. The first-order chi connectivity index (χ1) is 13.2. The number of hydrogen-bond donors (Lipinski definition) is 1. The Hall–Kier alpha value is -2.66. The third-order valence-electron chi connectivity index (χ3n) is 4.93. The lowest BCUT2D eigenvalue weighted by Gasteiger charge is -2.36. The van der Waals surface area contributed by atoms with E-state index in [1.54, 1.807) is 0 Å². The molecule has 0 saturated heterocycles. The van der Waals surface area contributed by atoms with Crippen molar-refractivity contribution in [2.75, 3.05) is 25.0 Å². The molecule has 0 saturated carbocycles. The van der Waals surface area contributed by atoms with E-state index in [4.69, 9.17) is 9.90 Å². The fourth-order valence-electron chi connectivity index (χ4n) is 3.19. The number of rotatable bonds is 7. The molecule has 2 rings (SSSR count). The number of amides is 1. The molecule has 0 aliphatic heterocycles. The van der Waals surface area contributed by atoms with E-state index in [9.17, 15) is 4.79 Å². The molecule has 1 amide bonds. The van der Waals surface area contributed by atoms with Gasteiger partial charge in [0.2, 0.25) is 0 Å². The molecule has 5 nitrogen and oxygen atoms in total. The Bertz CT molecular complexity index is 744. The van der Waals surface area contributed by atoms with Crippen LogP contribution in [0.1, 0.15) is 37.5 Å². The third-order valence-corrected chi connectivity index (χ3v) is 4.93. The zero-order valence-electron chi connectivity index (χ0n) is 17.6. The molecule has 0 heterocycles. The summed E-state index contributed by atoms with van der Waals surface area (Å²) in [6.07, 6.45) is 0. The van der Waals surface area contributed by atoms with Crippen molar-refractivity contribution in [2.24, 2.45) is 0 Å². The zero-order chi connectivity index (χ0) is 21.2. The maximum atomic E-state index is 12.7. The van der Waals surface area contributed by atoms with Crippen LogP contribution in [0.3, 0.4) is 0 Å². The predicted molar refractivity (Wildman–Crippen MR) is 112 cm³/mol. The molecule has 0 aliphatic carbocycles. The number of quaternary nitrogens is 1. The number of carboxylic acids is 1. The number of nitrogens with zero attached hydrogens (tertiary/aromatic N) is 1. The summed E-state index contributed by atoms with van der Waals surface area (Å²) in [5.74, 6) is -0.993. The molecule has 152 valence electrons. The van der Waals surface area contributed by atoms with E-state index < -0.39 is 5.97 Å². The highest BCUT2D eigenvalue weighted by Gasteiger charge is 2.27. The Labute approximate surface area is 168 Å². The standard InChI is InChI=1S/C21H28N2O.C2H4O2/c1-5-23(6-2,15-19-13-8-7-9-14-19)16-20(24)22-21-17(3)11-10-12-18(21)4;1-2(3)4/h7-14H,5-6,15-16H2,1-4H3;1H3,(H,3,4). The van der Waals surface area contributed by atoms with Crippen molar-refractivity contribution in [3.63, 3.8) is 0 Å². The summed E-state index contributed by atoms with van der Waals surface area (Å²) < 4.78 is 0.765. The molecule has 0 radical (unpaired) electrons. The van der Waals surface area contributed by atoms with Crippen LogP contribution in [-0.2, 0) is 16.1 Å². The van der Waals surface area contributed by atoms with Crippen LogP contribution in [0, 0.1) is 13.8 Å². The average Bonchev–Trinajstić information content (AvgIpc) is 2.64. The van der Waals surface area contributed by atoms with Crippen molar-refractivity contribution < 1.29 is 19.2 Å². The third kappa shape index (κ3) is 7.53. The van der Waals surface area contributed by atoms with Crippen molar-refractivity contribution in [3.8, 4) is 0 Å². The quantitative estimate of drug-likeness (QED) is 0.746. The van der Waals surface area contributed by atoms with Gasteiger partial charge < -0.3 is 19.7 Å². The summed E-state index contributed by atoms with van der Waals surface area (Å²) in [4.78, 5) is 21.6. The summed E-state index contributed by atoms with van der Waals surface area (Å²) in [5.41, 5.74) is 4.45. The number of benzene rings is 2. The molecule has 0 atom stereocenters. The molecular formula is C23H32N2O3. The van der Waals surface area contributed by atoms with Crippen molar-refractivity contribution in [2.45, 2.75) is 41.2 Å². The highest BCUT2D eigenvalue weighted by molar-refractivity contribution is 5.93. The van der Waals surface area contributed by atoms with Gasteiger partial charge in [-0.25, -0.2) is 0 Å². The Balaban J connectivity index is 0.000000892. The Kier molecular flexibility index (Phi) is 9.39.